The molecule has 0 radical (unpaired) electrons. The third kappa shape index (κ3) is 3.71. The molecule has 1 saturated heterocycles. The summed E-state index contributed by atoms with van der Waals surface area (Å²) in [6.07, 6.45) is 3.16. The number of carbonyl (C=O) groups excluding carboxylic acids is 2. The van der Waals surface area contributed by atoms with Crippen LogP contribution in [0.25, 0.3) is 5.76 Å². The third-order valence-electron chi connectivity index (χ3n) is 5.27. The number of Topliss-reactive ketones (excluding diaryl/α,β-unsaturated/α-hetero) is 1. The Balaban J connectivity index is 1.97. The van der Waals surface area contributed by atoms with Crippen LogP contribution in [0.2, 0.25) is 10.0 Å². The molecule has 1 amide bonds. The zero-order chi connectivity index (χ0) is 22.3. The molecule has 1 aliphatic heterocycles. The monoisotopic (exact) mass is 452 g/mol. The van der Waals surface area contributed by atoms with Crippen molar-refractivity contribution in [3.05, 3.63) is 98.8 Å². The highest BCUT2D eigenvalue weighted by atomic mass is 35.5. The minimum atomic E-state index is -0.821. The summed E-state index contributed by atoms with van der Waals surface area (Å²) in [5.41, 5.74) is 3.41. The second-order valence-electron chi connectivity index (χ2n) is 7.37. The van der Waals surface area contributed by atoms with Crippen LogP contribution in [0.1, 0.15) is 28.3 Å². The van der Waals surface area contributed by atoms with Crippen molar-refractivity contribution in [1.29, 1.82) is 0 Å². The molecule has 7 heteroatoms. The van der Waals surface area contributed by atoms with E-state index in [4.69, 9.17) is 23.2 Å². The highest BCUT2D eigenvalue weighted by Crippen LogP contribution is 2.43. The summed E-state index contributed by atoms with van der Waals surface area (Å²) in [7, 11) is 0. The quantitative estimate of drug-likeness (QED) is 0.317. The topological polar surface area (TPSA) is 70.5 Å². The van der Waals surface area contributed by atoms with E-state index in [1.165, 1.54) is 17.0 Å². The number of aryl methyl sites for hydroxylation is 2. The van der Waals surface area contributed by atoms with Crippen LogP contribution in [-0.2, 0) is 9.59 Å². The van der Waals surface area contributed by atoms with Gasteiger partial charge in [-0.15, -0.1) is 0 Å². The van der Waals surface area contributed by atoms with Crippen molar-refractivity contribution < 1.29 is 14.7 Å². The summed E-state index contributed by atoms with van der Waals surface area (Å²) in [6.45, 7) is 3.83. The van der Waals surface area contributed by atoms with Crippen molar-refractivity contribution in [2.24, 2.45) is 0 Å². The van der Waals surface area contributed by atoms with Crippen molar-refractivity contribution in [3.8, 4) is 0 Å². The van der Waals surface area contributed by atoms with Crippen LogP contribution >= 0.6 is 23.2 Å². The van der Waals surface area contributed by atoms with Crippen molar-refractivity contribution >= 4 is 46.3 Å². The summed E-state index contributed by atoms with van der Waals surface area (Å²) in [5, 5.41) is 11.6. The minimum Gasteiger partial charge on any atom is -0.507 e. The van der Waals surface area contributed by atoms with E-state index in [9.17, 15) is 14.7 Å². The summed E-state index contributed by atoms with van der Waals surface area (Å²) in [5.74, 6) is -1.80. The lowest BCUT2D eigenvalue weighted by atomic mass is 9.95. The van der Waals surface area contributed by atoms with Gasteiger partial charge in [0.05, 0.1) is 21.7 Å². The fraction of sp³-hybridized carbons (Fsp3) is 0.125. The second kappa shape index (κ2) is 8.17. The number of benzene rings is 2. The molecule has 5 nitrogen and oxygen atoms in total. The summed E-state index contributed by atoms with van der Waals surface area (Å²) in [4.78, 5) is 31.8. The number of amides is 1. The Morgan fingerprint density at radius 2 is 1.68 bits per heavy atom. The number of aliphatic hydroxyl groups excluding tert-OH is 1. The zero-order valence-electron chi connectivity index (χ0n) is 16.8. The van der Waals surface area contributed by atoms with Crippen molar-refractivity contribution in [3.63, 3.8) is 0 Å². The number of hydrogen-bond acceptors (Lipinski definition) is 4. The first-order valence-corrected chi connectivity index (χ1v) is 10.3. The normalized spacial score (nSPS) is 17.9. The number of rotatable bonds is 3. The van der Waals surface area contributed by atoms with E-state index in [2.05, 4.69) is 4.98 Å². The first kappa shape index (κ1) is 21.1. The average molecular weight is 453 g/mol. The van der Waals surface area contributed by atoms with Crippen LogP contribution in [0.3, 0.4) is 0 Å². The Hall–Kier alpha value is -3.15. The van der Waals surface area contributed by atoms with Crippen LogP contribution in [0, 0.1) is 13.8 Å². The lowest BCUT2D eigenvalue weighted by molar-refractivity contribution is -0.132. The van der Waals surface area contributed by atoms with Crippen LogP contribution in [0.4, 0.5) is 5.69 Å². The molecule has 1 fully saturated rings. The Kier molecular flexibility index (Phi) is 5.56. The molecule has 0 bridgehead atoms. The highest BCUT2D eigenvalue weighted by Gasteiger charge is 2.47. The molecule has 31 heavy (non-hydrogen) atoms. The van der Waals surface area contributed by atoms with Gasteiger partial charge in [-0.3, -0.25) is 19.5 Å². The van der Waals surface area contributed by atoms with Gasteiger partial charge in [0, 0.05) is 23.6 Å². The van der Waals surface area contributed by atoms with Gasteiger partial charge < -0.3 is 5.11 Å². The van der Waals surface area contributed by atoms with E-state index in [-0.39, 0.29) is 16.4 Å². The van der Waals surface area contributed by atoms with Crippen LogP contribution < -0.4 is 4.90 Å². The largest absolute Gasteiger partial charge is 0.507 e. The molecule has 2 heterocycles. The Bertz CT molecular complexity index is 1240. The van der Waals surface area contributed by atoms with Gasteiger partial charge in [-0.1, -0.05) is 40.9 Å². The maximum atomic E-state index is 13.2. The molecule has 1 aromatic heterocycles. The van der Waals surface area contributed by atoms with Gasteiger partial charge in [0.15, 0.2) is 0 Å². The Labute approximate surface area is 189 Å². The predicted molar refractivity (Wildman–Crippen MR) is 121 cm³/mol. The SMILES string of the molecule is Cc1ccc(N2C(=O)C(=O)/C(=C(/O)c3ccc(Cl)c(Cl)c3)C2c2ccncc2)c(C)c1. The molecule has 0 saturated carbocycles. The van der Waals surface area contributed by atoms with Crippen LogP contribution in [-0.4, -0.2) is 21.8 Å². The number of aliphatic hydroxyl groups is 1. The molecule has 0 aliphatic carbocycles. The van der Waals surface area contributed by atoms with Gasteiger partial charge in [0.1, 0.15) is 5.76 Å². The van der Waals surface area contributed by atoms with E-state index in [0.29, 0.717) is 21.8 Å². The van der Waals surface area contributed by atoms with Gasteiger partial charge in [0.2, 0.25) is 0 Å². The van der Waals surface area contributed by atoms with Crippen LogP contribution in [0.5, 0.6) is 0 Å². The van der Waals surface area contributed by atoms with E-state index < -0.39 is 17.7 Å². The molecule has 2 aromatic carbocycles. The zero-order valence-corrected chi connectivity index (χ0v) is 18.3. The van der Waals surface area contributed by atoms with Gasteiger partial charge in [-0.2, -0.15) is 0 Å². The molecule has 1 unspecified atom stereocenters. The Morgan fingerprint density at radius 1 is 0.968 bits per heavy atom. The van der Waals surface area contributed by atoms with Crippen molar-refractivity contribution in [1.82, 2.24) is 4.98 Å². The van der Waals surface area contributed by atoms with Gasteiger partial charge in [-0.05, 0) is 61.4 Å². The van der Waals surface area contributed by atoms with E-state index >= 15 is 0 Å². The smallest absolute Gasteiger partial charge is 0.300 e. The van der Waals surface area contributed by atoms with Gasteiger partial charge >= 0.3 is 0 Å². The Morgan fingerprint density at radius 3 is 2.32 bits per heavy atom. The van der Waals surface area contributed by atoms with E-state index in [1.54, 1.807) is 30.6 Å². The number of aromatic nitrogens is 1. The predicted octanol–water partition coefficient (Wildman–Crippen LogP) is 5.63. The number of ketones is 1. The molecule has 4 rings (SSSR count). The molecule has 1 aliphatic rings. The average Bonchev–Trinajstić information content (AvgIpc) is 3.01. The number of carbonyl (C=O) groups is 2. The van der Waals surface area contributed by atoms with Gasteiger partial charge in [-0.25, -0.2) is 0 Å². The minimum absolute atomic E-state index is 0.0189. The second-order valence-corrected chi connectivity index (χ2v) is 8.18. The van der Waals surface area contributed by atoms with E-state index in [0.717, 1.165) is 11.1 Å². The lowest BCUT2D eigenvalue weighted by Gasteiger charge is -2.27. The lowest BCUT2D eigenvalue weighted by Crippen LogP contribution is -2.30. The summed E-state index contributed by atoms with van der Waals surface area (Å²) < 4.78 is 0. The molecule has 1 atom stereocenters. The summed E-state index contributed by atoms with van der Waals surface area (Å²) >= 11 is 12.1. The highest BCUT2D eigenvalue weighted by molar-refractivity contribution is 6.52. The number of halogens is 2. The van der Waals surface area contributed by atoms with Crippen molar-refractivity contribution in [2.75, 3.05) is 4.90 Å². The summed E-state index contributed by atoms with van der Waals surface area (Å²) in [6, 6.07) is 12.8. The fourth-order valence-corrected chi connectivity index (χ4v) is 4.11. The first-order chi connectivity index (χ1) is 14.8. The maximum Gasteiger partial charge on any atom is 0.300 e. The maximum absolute atomic E-state index is 13.2. The third-order valence-corrected chi connectivity index (χ3v) is 6.01. The van der Waals surface area contributed by atoms with Crippen molar-refractivity contribution in [2.45, 2.75) is 19.9 Å². The molecule has 1 N–H and O–H groups in total. The molecule has 3 aromatic rings. The fourth-order valence-electron chi connectivity index (χ4n) is 3.82. The molecular formula is C24H18Cl2N2O3. The van der Waals surface area contributed by atoms with E-state index in [1.807, 2.05) is 32.0 Å². The molecule has 156 valence electrons. The number of hydrogen-bond donors (Lipinski definition) is 1. The van der Waals surface area contributed by atoms with Crippen LogP contribution in [0.15, 0.2) is 66.5 Å². The number of anilines is 1. The number of nitrogens with zero attached hydrogens (tertiary/aromatic N) is 2. The first-order valence-electron chi connectivity index (χ1n) is 9.53. The standard InChI is InChI=1S/C24H18Cl2N2O3/c1-13-3-6-19(14(2)11-13)28-21(15-7-9-27-10-8-15)20(23(30)24(28)31)22(29)16-4-5-17(25)18(26)12-16/h3-12,21,29H,1-2H3/b22-20+. The number of pyridine rings is 1. The molecular weight excluding hydrogens is 435 g/mol. The molecule has 0 spiro atoms. The van der Waals surface area contributed by atoms with Gasteiger partial charge in [0.25, 0.3) is 11.7 Å².